The SMILES string of the molecule is CN(CC(=O)Nc1ccc(F)cc1)C(=O)Cc1c(Cl)cccc1Cl. The van der Waals surface area contributed by atoms with Gasteiger partial charge in [-0.25, -0.2) is 4.39 Å². The zero-order chi connectivity index (χ0) is 17.7. The van der Waals surface area contributed by atoms with Crippen LogP contribution >= 0.6 is 23.2 Å². The Bertz CT molecular complexity index is 731. The van der Waals surface area contributed by atoms with E-state index in [-0.39, 0.29) is 24.8 Å². The minimum atomic E-state index is -0.392. The van der Waals surface area contributed by atoms with Gasteiger partial charge in [-0.3, -0.25) is 9.59 Å². The van der Waals surface area contributed by atoms with Gasteiger partial charge >= 0.3 is 0 Å². The summed E-state index contributed by atoms with van der Waals surface area (Å²) in [5.41, 5.74) is 0.980. The summed E-state index contributed by atoms with van der Waals surface area (Å²) < 4.78 is 12.8. The number of hydrogen-bond acceptors (Lipinski definition) is 2. The third-order valence-electron chi connectivity index (χ3n) is 3.32. The van der Waals surface area contributed by atoms with Crippen LogP contribution in [0, 0.1) is 5.82 Å². The Hall–Kier alpha value is -2.11. The van der Waals surface area contributed by atoms with Crippen LogP contribution in [0.25, 0.3) is 0 Å². The van der Waals surface area contributed by atoms with Gasteiger partial charge in [-0.2, -0.15) is 0 Å². The lowest BCUT2D eigenvalue weighted by atomic mass is 10.1. The maximum atomic E-state index is 12.8. The van der Waals surface area contributed by atoms with Gasteiger partial charge in [0.1, 0.15) is 5.82 Å². The highest BCUT2D eigenvalue weighted by molar-refractivity contribution is 6.36. The third kappa shape index (κ3) is 4.94. The topological polar surface area (TPSA) is 49.4 Å². The maximum Gasteiger partial charge on any atom is 0.243 e. The van der Waals surface area contributed by atoms with Crippen molar-refractivity contribution in [1.29, 1.82) is 0 Å². The summed E-state index contributed by atoms with van der Waals surface area (Å²) in [7, 11) is 1.51. The normalized spacial score (nSPS) is 10.3. The predicted octanol–water partition coefficient (Wildman–Crippen LogP) is 3.77. The quantitative estimate of drug-likeness (QED) is 0.872. The smallest absolute Gasteiger partial charge is 0.243 e. The molecule has 0 radical (unpaired) electrons. The number of carbonyl (C=O) groups is 2. The molecule has 126 valence electrons. The predicted molar refractivity (Wildman–Crippen MR) is 92.8 cm³/mol. The Labute approximate surface area is 149 Å². The van der Waals surface area contributed by atoms with Gasteiger partial charge in [0, 0.05) is 22.8 Å². The summed E-state index contributed by atoms with van der Waals surface area (Å²) in [4.78, 5) is 25.5. The van der Waals surface area contributed by atoms with Crippen LogP contribution in [-0.2, 0) is 16.0 Å². The Morgan fingerprint density at radius 3 is 2.25 bits per heavy atom. The molecule has 0 aromatic heterocycles. The molecule has 0 unspecified atom stereocenters. The number of halogens is 3. The number of rotatable bonds is 5. The van der Waals surface area contributed by atoms with E-state index >= 15 is 0 Å². The second-order valence-corrected chi connectivity index (χ2v) is 6.00. The molecule has 1 N–H and O–H groups in total. The molecule has 24 heavy (non-hydrogen) atoms. The highest BCUT2D eigenvalue weighted by Gasteiger charge is 2.16. The lowest BCUT2D eigenvalue weighted by molar-refractivity contribution is -0.132. The fraction of sp³-hybridized carbons (Fsp3) is 0.176. The van der Waals surface area contributed by atoms with Crippen LogP contribution < -0.4 is 5.32 Å². The lowest BCUT2D eigenvalue weighted by Crippen LogP contribution is -2.35. The molecule has 2 amide bonds. The second-order valence-electron chi connectivity index (χ2n) is 5.18. The second kappa shape index (κ2) is 8.13. The fourth-order valence-corrected chi connectivity index (χ4v) is 2.56. The molecule has 7 heteroatoms. The highest BCUT2D eigenvalue weighted by Crippen LogP contribution is 2.25. The van der Waals surface area contributed by atoms with Crippen molar-refractivity contribution in [2.24, 2.45) is 0 Å². The van der Waals surface area contributed by atoms with Gasteiger partial charge in [-0.05, 0) is 42.0 Å². The molecule has 0 fully saturated rings. The minimum Gasteiger partial charge on any atom is -0.336 e. The van der Waals surface area contributed by atoms with Crippen LogP contribution in [0.3, 0.4) is 0 Å². The van der Waals surface area contributed by atoms with E-state index in [9.17, 15) is 14.0 Å². The molecular formula is C17H15Cl2FN2O2. The van der Waals surface area contributed by atoms with Gasteiger partial charge in [0.2, 0.25) is 11.8 Å². The van der Waals surface area contributed by atoms with E-state index in [4.69, 9.17) is 23.2 Å². The van der Waals surface area contributed by atoms with Crippen LogP contribution in [0.5, 0.6) is 0 Å². The summed E-state index contributed by atoms with van der Waals surface area (Å²) in [6.07, 6.45) is -0.00116. The van der Waals surface area contributed by atoms with Crippen LogP contribution in [0.4, 0.5) is 10.1 Å². The highest BCUT2D eigenvalue weighted by atomic mass is 35.5. The molecule has 2 aromatic rings. The van der Waals surface area contributed by atoms with Gasteiger partial charge in [-0.1, -0.05) is 29.3 Å². The van der Waals surface area contributed by atoms with Crippen LogP contribution in [0.2, 0.25) is 10.0 Å². The first kappa shape index (κ1) is 18.2. The van der Waals surface area contributed by atoms with Gasteiger partial charge in [0.25, 0.3) is 0 Å². The Morgan fingerprint density at radius 1 is 1.08 bits per heavy atom. The summed E-state index contributed by atoms with van der Waals surface area (Å²) in [6, 6.07) is 10.4. The van der Waals surface area contributed by atoms with Crippen LogP contribution in [0.1, 0.15) is 5.56 Å². The minimum absolute atomic E-state index is 0.00116. The first-order chi connectivity index (χ1) is 11.4. The average molecular weight is 369 g/mol. The van der Waals surface area contributed by atoms with Crippen LogP contribution in [-0.4, -0.2) is 30.3 Å². The Morgan fingerprint density at radius 2 is 1.67 bits per heavy atom. The molecule has 2 rings (SSSR count). The molecule has 0 saturated heterocycles. The number of hydrogen-bond donors (Lipinski definition) is 1. The molecule has 0 spiro atoms. The summed E-state index contributed by atoms with van der Waals surface area (Å²) in [6.45, 7) is -0.141. The van der Waals surface area contributed by atoms with Crippen molar-refractivity contribution < 1.29 is 14.0 Å². The van der Waals surface area contributed by atoms with Crippen molar-refractivity contribution >= 4 is 40.7 Å². The Balaban J connectivity index is 1.93. The summed E-state index contributed by atoms with van der Waals surface area (Å²) in [5.74, 6) is -1.07. The van der Waals surface area contributed by atoms with Crippen molar-refractivity contribution in [2.45, 2.75) is 6.42 Å². The maximum absolute atomic E-state index is 12.8. The molecular weight excluding hydrogens is 354 g/mol. The standard InChI is InChI=1S/C17H15Cl2FN2O2/c1-22(10-16(23)21-12-7-5-11(20)6-8-12)17(24)9-13-14(18)3-2-4-15(13)19/h2-8H,9-10H2,1H3,(H,21,23). The molecule has 0 aliphatic rings. The van der Waals surface area contributed by atoms with Gasteiger partial charge in [0.05, 0.1) is 13.0 Å². The molecule has 0 aliphatic carbocycles. The number of nitrogens with one attached hydrogen (secondary N) is 1. The molecule has 4 nitrogen and oxygen atoms in total. The van der Waals surface area contributed by atoms with Crippen molar-refractivity contribution in [1.82, 2.24) is 4.90 Å². The number of carbonyl (C=O) groups excluding carboxylic acids is 2. The molecule has 0 atom stereocenters. The number of anilines is 1. The van der Waals surface area contributed by atoms with E-state index in [0.717, 1.165) is 0 Å². The number of likely N-dealkylation sites (N-methyl/N-ethyl adjacent to an activating group) is 1. The zero-order valence-electron chi connectivity index (χ0n) is 12.9. The third-order valence-corrected chi connectivity index (χ3v) is 4.03. The lowest BCUT2D eigenvalue weighted by Gasteiger charge is -2.17. The molecule has 0 saturated carbocycles. The number of amides is 2. The van der Waals surface area contributed by atoms with Crippen molar-refractivity contribution in [3.63, 3.8) is 0 Å². The van der Waals surface area contributed by atoms with Gasteiger partial charge < -0.3 is 10.2 Å². The largest absolute Gasteiger partial charge is 0.336 e. The van der Waals surface area contributed by atoms with Gasteiger partial charge in [0.15, 0.2) is 0 Å². The van der Waals surface area contributed by atoms with Crippen molar-refractivity contribution in [2.75, 3.05) is 18.9 Å². The van der Waals surface area contributed by atoms with E-state index in [0.29, 0.717) is 21.3 Å². The van der Waals surface area contributed by atoms with Crippen molar-refractivity contribution in [3.8, 4) is 0 Å². The van der Waals surface area contributed by atoms with E-state index < -0.39 is 5.82 Å². The molecule has 0 aliphatic heterocycles. The van der Waals surface area contributed by atoms with Crippen molar-refractivity contribution in [3.05, 3.63) is 63.9 Å². The number of benzene rings is 2. The number of nitrogens with zero attached hydrogens (tertiary/aromatic N) is 1. The fourth-order valence-electron chi connectivity index (χ4n) is 2.02. The van der Waals surface area contributed by atoms with E-state index in [1.54, 1.807) is 18.2 Å². The van der Waals surface area contributed by atoms with Crippen LogP contribution in [0.15, 0.2) is 42.5 Å². The first-order valence-electron chi connectivity index (χ1n) is 7.09. The van der Waals surface area contributed by atoms with Gasteiger partial charge in [-0.15, -0.1) is 0 Å². The van der Waals surface area contributed by atoms with E-state index in [2.05, 4.69) is 5.32 Å². The summed E-state index contributed by atoms with van der Waals surface area (Å²) in [5, 5.41) is 3.40. The molecule has 0 bridgehead atoms. The van der Waals surface area contributed by atoms with E-state index in [1.165, 1.54) is 36.2 Å². The molecule has 2 aromatic carbocycles. The van der Waals surface area contributed by atoms with E-state index in [1.807, 2.05) is 0 Å². The first-order valence-corrected chi connectivity index (χ1v) is 7.84. The zero-order valence-corrected chi connectivity index (χ0v) is 14.4. The Kier molecular flexibility index (Phi) is 6.17. The summed E-state index contributed by atoms with van der Waals surface area (Å²) >= 11 is 12.1. The average Bonchev–Trinajstić information content (AvgIpc) is 2.53. The molecule has 0 heterocycles. The monoisotopic (exact) mass is 368 g/mol.